The molecule has 0 aliphatic carbocycles. The fourth-order valence-electron chi connectivity index (χ4n) is 4.38. The van der Waals surface area contributed by atoms with Crippen molar-refractivity contribution in [2.45, 2.75) is 31.4 Å². The molecule has 1 heterocycles. The standard InChI is InChI=1S/C25H21F5N2O3/c1-31-21(11-14-5-7-15(8-6-14)24(34)35)23(33)32(20-4-2-3-19(27)22(20)31)13-16-9-10-17(26)12-18(16)25(28,29)30/h2-10,12,21,23,33H,11,13H2,1H3,(H,34,35). The second-order valence-corrected chi connectivity index (χ2v) is 8.33. The highest BCUT2D eigenvalue weighted by Crippen LogP contribution is 2.42. The molecule has 0 aromatic heterocycles. The van der Waals surface area contributed by atoms with Crippen molar-refractivity contribution >= 4 is 17.3 Å². The Hall–Kier alpha value is -3.66. The molecule has 0 radical (unpaired) electrons. The molecule has 0 fully saturated rings. The number of hydrogen-bond donors (Lipinski definition) is 2. The van der Waals surface area contributed by atoms with Crippen LogP contribution in [0.4, 0.5) is 33.3 Å². The summed E-state index contributed by atoms with van der Waals surface area (Å²) in [6.45, 7) is -0.449. The number of aliphatic hydroxyl groups is 1. The number of para-hydroxylation sites is 1. The number of halogens is 5. The number of carboxylic acids is 1. The zero-order valence-corrected chi connectivity index (χ0v) is 18.4. The minimum absolute atomic E-state index is 0.0697. The summed E-state index contributed by atoms with van der Waals surface area (Å²) in [5.41, 5.74) is -0.455. The Labute approximate surface area is 197 Å². The van der Waals surface area contributed by atoms with Crippen molar-refractivity contribution in [3.8, 4) is 0 Å². The van der Waals surface area contributed by atoms with Crippen molar-refractivity contribution < 1.29 is 37.0 Å². The molecule has 0 saturated heterocycles. The lowest BCUT2D eigenvalue weighted by Gasteiger charge is -2.47. The molecule has 1 aliphatic rings. The molecule has 2 atom stereocenters. The third kappa shape index (κ3) is 4.79. The number of nitrogens with zero attached hydrogens (tertiary/aromatic N) is 2. The van der Waals surface area contributed by atoms with Crippen molar-refractivity contribution in [2.75, 3.05) is 16.8 Å². The Kier molecular flexibility index (Phi) is 6.42. The summed E-state index contributed by atoms with van der Waals surface area (Å²) in [5, 5.41) is 20.4. The quantitative estimate of drug-likeness (QED) is 0.487. The number of carbonyl (C=O) groups is 1. The molecule has 2 unspecified atom stereocenters. The molecule has 3 aromatic rings. The highest BCUT2D eigenvalue weighted by molar-refractivity contribution is 5.87. The predicted molar refractivity (Wildman–Crippen MR) is 119 cm³/mol. The summed E-state index contributed by atoms with van der Waals surface area (Å²) in [6, 6.07) is 11.5. The van der Waals surface area contributed by atoms with Crippen molar-refractivity contribution in [3.05, 3.63) is 94.6 Å². The average molecular weight is 492 g/mol. The van der Waals surface area contributed by atoms with Gasteiger partial charge in [0.05, 0.1) is 28.5 Å². The monoisotopic (exact) mass is 492 g/mol. The number of fused-ring (bicyclic) bond motifs is 1. The van der Waals surface area contributed by atoms with E-state index in [1.165, 1.54) is 40.1 Å². The molecule has 2 N–H and O–H groups in total. The first-order valence-electron chi connectivity index (χ1n) is 10.6. The van der Waals surface area contributed by atoms with Crippen molar-refractivity contribution in [2.24, 2.45) is 0 Å². The van der Waals surface area contributed by atoms with Crippen LogP contribution in [-0.2, 0) is 19.1 Å². The molecule has 3 aromatic carbocycles. The van der Waals surface area contributed by atoms with E-state index in [2.05, 4.69) is 0 Å². The van der Waals surface area contributed by atoms with Crippen LogP contribution in [0, 0.1) is 11.6 Å². The van der Waals surface area contributed by atoms with Gasteiger partial charge in [-0.2, -0.15) is 13.2 Å². The minimum Gasteiger partial charge on any atom is -0.478 e. The fourth-order valence-corrected chi connectivity index (χ4v) is 4.38. The number of carboxylic acid groups (broad SMARTS) is 1. The van der Waals surface area contributed by atoms with Crippen LogP contribution < -0.4 is 9.80 Å². The molecule has 0 bridgehead atoms. The fraction of sp³-hybridized carbons (Fsp3) is 0.240. The summed E-state index contributed by atoms with van der Waals surface area (Å²) >= 11 is 0. The SMILES string of the molecule is CN1c2c(F)cccc2N(Cc2ccc(F)cc2C(F)(F)F)C(O)C1Cc1ccc(C(=O)O)cc1. The van der Waals surface area contributed by atoms with E-state index < -0.39 is 48.2 Å². The molecule has 35 heavy (non-hydrogen) atoms. The van der Waals surface area contributed by atoms with E-state index in [4.69, 9.17) is 5.11 Å². The van der Waals surface area contributed by atoms with Crippen LogP contribution in [0.2, 0.25) is 0 Å². The summed E-state index contributed by atoms with van der Waals surface area (Å²) in [7, 11) is 1.57. The number of aromatic carboxylic acids is 1. The molecule has 0 amide bonds. The largest absolute Gasteiger partial charge is 0.478 e. The van der Waals surface area contributed by atoms with Crippen LogP contribution in [0.5, 0.6) is 0 Å². The number of anilines is 2. The van der Waals surface area contributed by atoms with Crippen molar-refractivity contribution in [3.63, 3.8) is 0 Å². The summed E-state index contributed by atoms with van der Waals surface area (Å²) in [6.07, 6.45) is -6.04. The van der Waals surface area contributed by atoms with Gasteiger partial charge in [0.1, 0.15) is 17.9 Å². The number of rotatable bonds is 5. The minimum atomic E-state index is -4.83. The number of benzene rings is 3. The maximum Gasteiger partial charge on any atom is 0.416 e. The van der Waals surface area contributed by atoms with Gasteiger partial charge in [0.25, 0.3) is 0 Å². The normalized spacial score (nSPS) is 17.9. The van der Waals surface area contributed by atoms with Gasteiger partial charge in [-0.25, -0.2) is 13.6 Å². The van der Waals surface area contributed by atoms with Crippen LogP contribution in [0.3, 0.4) is 0 Å². The third-order valence-corrected chi connectivity index (χ3v) is 6.15. The van der Waals surface area contributed by atoms with E-state index in [9.17, 15) is 31.9 Å². The lowest BCUT2D eigenvalue weighted by molar-refractivity contribution is -0.138. The van der Waals surface area contributed by atoms with Gasteiger partial charge in [0.15, 0.2) is 0 Å². The third-order valence-electron chi connectivity index (χ3n) is 6.15. The van der Waals surface area contributed by atoms with Gasteiger partial charge in [-0.1, -0.05) is 24.3 Å². The summed E-state index contributed by atoms with van der Waals surface area (Å²) in [4.78, 5) is 13.9. The average Bonchev–Trinajstić information content (AvgIpc) is 2.79. The Morgan fingerprint density at radius 3 is 2.34 bits per heavy atom. The molecule has 10 heteroatoms. The molecule has 0 spiro atoms. The molecule has 1 aliphatic heterocycles. The van der Waals surface area contributed by atoms with Crippen LogP contribution >= 0.6 is 0 Å². The molecular formula is C25H21F5N2O3. The topological polar surface area (TPSA) is 64.0 Å². The first kappa shape index (κ1) is 24.5. The zero-order chi connectivity index (χ0) is 25.5. The summed E-state index contributed by atoms with van der Waals surface area (Å²) < 4.78 is 69.3. The van der Waals surface area contributed by atoms with Gasteiger partial charge >= 0.3 is 12.1 Å². The van der Waals surface area contributed by atoms with E-state index in [1.54, 1.807) is 19.2 Å². The second kappa shape index (κ2) is 9.18. The van der Waals surface area contributed by atoms with Gasteiger partial charge in [-0.15, -0.1) is 0 Å². The Morgan fingerprint density at radius 1 is 1.03 bits per heavy atom. The van der Waals surface area contributed by atoms with Crippen LogP contribution in [0.25, 0.3) is 0 Å². The molecule has 4 rings (SSSR count). The van der Waals surface area contributed by atoms with E-state index in [1.807, 2.05) is 0 Å². The highest BCUT2D eigenvalue weighted by Gasteiger charge is 2.40. The predicted octanol–water partition coefficient (Wildman–Crippen LogP) is 5.07. The Bertz CT molecular complexity index is 1250. The summed E-state index contributed by atoms with van der Waals surface area (Å²) in [5.74, 6) is -2.77. The van der Waals surface area contributed by atoms with Crippen LogP contribution in [-0.4, -0.2) is 35.5 Å². The maximum absolute atomic E-state index is 14.9. The smallest absolute Gasteiger partial charge is 0.416 e. The lowest BCUT2D eigenvalue weighted by Crippen LogP contribution is -2.56. The molecule has 5 nitrogen and oxygen atoms in total. The van der Waals surface area contributed by atoms with Gasteiger partial charge in [0.2, 0.25) is 0 Å². The van der Waals surface area contributed by atoms with Gasteiger partial charge < -0.3 is 20.0 Å². The number of hydrogen-bond acceptors (Lipinski definition) is 4. The molecule has 184 valence electrons. The number of alkyl halides is 3. The molecular weight excluding hydrogens is 471 g/mol. The lowest BCUT2D eigenvalue weighted by atomic mass is 9.96. The first-order chi connectivity index (χ1) is 16.5. The van der Waals surface area contributed by atoms with E-state index in [-0.39, 0.29) is 28.9 Å². The van der Waals surface area contributed by atoms with Crippen molar-refractivity contribution in [1.82, 2.24) is 0 Å². The maximum atomic E-state index is 14.9. The number of likely N-dealkylation sites (N-methyl/N-ethyl adjacent to an activating group) is 1. The number of aliphatic hydroxyl groups excluding tert-OH is 1. The first-order valence-corrected chi connectivity index (χ1v) is 10.6. The Balaban J connectivity index is 1.74. The van der Waals surface area contributed by atoms with E-state index >= 15 is 0 Å². The van der Waals surface area contributed by atoms with Crippen LogP contribution in [0.1, 0.15) is 27.0 Å². The van der Waals surface area contributed by atoms with Gasteiger partial charge in [0, 0.05) is 13.6 Å². The van der Waals surface area contributed by atoms with Gasteiger partial charge in [-0.05, 0) is 53.9 Å². The Morgan fingerprint density at radius 2 is 1.71 bits per heavy atom. The van der Waals surface area contributed by atoms with E-state index in [0.29, 0.717) is 11.6 Å². The van der Waals surface area contributed by atoms with E-state index in [0.717, 1.165) is 12.1 Å². The zero-order valence-electron chi connectivity index (χ0n) is 18.4. The highest BCUT2D eigenvalue weighted by atomic mass is 19.4. The van der Waals surface area contributed by atoms with Crippen molar-refractivity contribution in [1.29, 1.82) is 0 Å². The second-order valence-electron chi connectivity index (χ2n) is 8.33. The van der Waals surface area contributed by atoms with Crippen LogP contribution in [0.15, 0.2) is 60.7 Å². The molecule has 0 saturated carbocycles. The van der Waals surface area contributed by atoms with Gasteiger partial charge in [-0.3, -0.25) is 0 Å².